The Kier molecular flexibility index (Phi) is 3.29. The van der Waals surface area contributed by atoms with Crippen LogP contribution < -0.4 is 23.7 Å². The number of ketones is 1. The number of carbonyl (C=O) groups excluding carboxylic acids is 1. The maximum atomic E-state index is 13.5. The third-order valence-corrected chi connectivity index (χ3v) is 5.78. The SMILES string of the molecule is CC1(C)C=Cc2c(ccc3c2OC2COc4cc5c(cc4C2C3=O)OCCO5)O1. The first-order valence-corrected chi connectivity index (χ1v) is 9.83. The largest absolute Gasteiger partial charge is 0.489 e. The standard InChI is InChI=1S/C23H20O6/c1-23(2)6-5-12-15(29-23)4-3-13-21(24)20-14-9-17-18(26-8-7-25-17)10-16(14)27-11-19(20)28-22(12)13/h3-6,9-10,19-20H,7-8,11H2,1-2H3. The fourth-order valence-corrected chi connectivity index (χ4v) is 4.40. The molecule has 0 aliphatic carbocycles. The summed E-state index contributed by atoms with van der Waals surface area (Å²) in [5, 5.41) is 0. The van der Waals surface area contributed by atoms with Gasteiger partial charge in [-0.3, -0.25) is 4.79 Å². The van der Waals surface area contributed by atoms with Gasteiger partial charge < -0.3 is 23.7 Å². The van der Waals surface area contributed by atoms with Crippen LogP contribution in [0.2, 0.25) is 0 Å². The average Bonchev–Trinajstić information content (AvgIpc) is 2.71. The predicted molar refractivity (Wildman–Crippen MR) is 105 cm³/mol. The van der Waals surface area contributed by atoms with E-state index in [0.29, 0.717) is 48.4 Å². The molecule has 6 nitrogen and oxygen atoms in total. The molecule has 0 N–H and O–H groups in total. The zero-order chi connectivity index (χ0) is 19.8. The van der Waals surface area contributed by atoms with Crippen LogP contribution in [-0.4, -0.2) is 37.3 Å². The number of benzene rings is 2. The molecule has 29 heavy (non-hydrogen) atoms. The molecule has 2 unspecified atom stereocenters. The van der Waals surface area contributed by atoms with Gasteiger partial charge in [-0.2, -0.15) is 0 Å². The monoisotopic (exact) mass is 392 g/mol. The molecule has 0 aromatic heterocycles. The highest BCUT2D eigenvalue weighted by molar-refractivity contribution is 6.06. The van der Waals surface area contributed by atoms with Gasteiger partial charge in [-0.05, 0) is 44.2 Å². The Balaban J connectivity index is 1.45. The molecule has 4 aliphatic rings. The van der Waals surface area contributed by atoms with Gasteiger partial charge in [0.25, 0.3) is 0 Å². The first-order valence-electron chi connectivity index (χ1n) is 9.83. The summed E-state index contributed by atoms with van der Waals surface area (Å²) < 4.78 is 29.7. The molecule has 2 aromatic rings. The van der Waals surface area contributed by atoms with Gasteiger partial charge >= 0.3 is 0 Å². The van der Waals surface area contributed by atoms with Crippen LogP contribution in [0.5, 0.6) is 28.7 Å². The van der Waals surface area contributed by atoms with Gasteiger partial charge in [-0.15, -0.1) is 0 Å². The normalized spacial score (nSPS) is 24.7. The Labute approximate surface area is 168 Å². The molecule has 0 saturated heterocycles. The van der Waals surface area contributed by atoms with Crippen LogP contribution in [0.15, 0.2) is 30.3 Å². The minimum atomic E-state index is -0.440. The van der Waals surface area contributed by atoms with Gasteiger partial charge in [0.2, 0.25) is 0 Å². The highest BCUT2D eigenvalue weighted by atomic mass is 16.6. The number of Topliss-reactive ketones (excluding diaryl/α,β-unsaturated/α-hetero) is 1. The van der Waals surface area contributed by atoms with Crippen LogP contribution >= 0.6 is 0 Å². The van der Waals surface area contributed by atoms with Gasteiger partial charge in [0.05, 0.1) is 17.0 Å². The van der Waals surface area contributed by atoms with E-state index in [2.05, 4.69) is 0 Å². The zero-order valence-corrected chi connectivity index (χ0v) is 16.2. The lowest BCUT2D eigenvalue weighted by Gasteiger charge is -2.39. The van der Waals surface area contributed by atoms with E-state index in [1.807, 2.05) is 44.2 Å². The van der Waals surface area contributed by atoms with Crippen molar-refractivity contribution in [3.8, 4) is 28.7 Å². The van der Waals surface area contributed by atoms with Gasteiger partial charge in [0, 0.05) is 11.6 Å². The lowest BCUT2D eigenvalue weighted by molar-refractivity contribution is 0.0549. The molecule has 0 saturated carbocycles. The third-order valence-electron chi connectivity index (χ3n) is 5.78. The van der Waals surface area contributed by atoms with E-state index >= 15 is 0 Å². The fraction of sp³-hybridized carbons (Fsp3) is 0.348. The van der Waals surface area contributed by atoms with Crippen molar-refractivity contribution in [2.45, 2.75) is 31.5 Å². The molecule has 0 radical (unpaired) electrons. The van der Waals surface area contributed by atoms with Crippen LogP contribution in [0.25, 0.3) is 6.08 Å². The van der Waals surface area contributed by atoms with Crippen LogP contribution in [-0.2, 0) is 0 Å². The van der Waals surface area contributed by atoms with E-state index in [4.69, 9.17) is 23.7 Å². The van der Waals surface area contributed by atoms with E-state index < -0.39 is 17.6 Å². The van der Waals surface area contributed by atoms with Crippen molar-refractivity contribution in [2.75, 3.05) is 19.8 Å². The summed E-state index contributed by atoms with van der Waals surface area (Å²) in [7, 11) is 0. The van der Waals surface area contributed by atoms with Crippen molar-refractivity contribution in [1.82, 2.24) is 0 Å². The molecular formula is C23H20O6. The van der Waals surface area contributed by atoms with E-state index in [1.54, 1.807) is 6.07 Å². The van der Waals surface area contributed by atoms with Crippen LogP contribution in [0.3, 0.4) is 0 Å². The molecule has 2 aromatic carbocycles. The summed E-state index contributed by atoms with van der Waals surface area (Å²) >= 11 is 0. The van der Waals surface area contributed by atoms with E-state index in [1.165, 1.54) is 0 Å². The first-order chi connectivity index (χ1) is 14.0. The number of fused-ring (bicyclic) bond motifs is 7. The first kappa shape index (κ1) is 16.8. The minimum absolute atomic E-state index is 0.0264. The summed E-state index contributed by atoms with van der Waals surface area (Å²) in [6, 6.07) is 7.32. The molecule has 148 valence electrons. The van der Waals surface area contributed by atoms with Crippen molar-refractivity contribution >= 4 is 11.9 Å². The zero-order valence-electron chi connectivity index (χ0n) is 16.2. The average molecular weight is 392 g/mol. The van der Waals surface area contributed by atoms with Gasteiger partial charge in [-0.1, -0.05) is 0 Å². The topological polar surface area (TPSA) is 63.2 Å². The molecule has 4 heterocycles. The fourth-order valence-electron chi connectivity index (χ4n) is 4.40. The second kappa shape index (κ2) is 5.69. The van der Waals surface area contributed by atoms with Gasteiger partial charge in [0.15, 0.2) is 17.3 Å². The molecule has 0 amide bonds. The molecule has 6 rings (SSSR count). The highest BCUT2D eigenvalue weighted by Crippen LogP contribution is 2.49. The molecule has 6 heteroatoms. The highest BCUT2D eigenvalue weighted by Gasteiger charge is 2.45. The smallest absolute Gasteiger partial charge is 0.178 e. The number of hydrogen-bond donors (Lipinski definition) is 0. The van der Waals surface area contributed by atoms with E-state index in [9.17, 15) is 4.79 Å². The maximum absolute atomic E-state index is 13.5. The second-order valence-corrected chi connectivity index (χ2v) is 8.24. The van der Waals surface area contributed by atoms with E-state index in [0.717, 1.165) is 16.9 Å². The molecular weight excluding hydrogens is 372 g/mol. The number of ether oxygens (including phenoxy) is 5. The Bertz CT molecular complexity index is 1080. The van der Waals surface area contributed by atoms with Gasteiger partial charge in [-0.25, -0.2) is 0 Å². The molecule has 0 spiro atoms. The summed E-state index contributed by atoms with van der Waals surface area (Å²) in [6.07, 6.45) is 3.55. The minimum Gasteiger partial charge on any atom is -0.489 e. The Hall–Kier alpha value is -3.15. The lowest BCUT2D eigenvalue weighted by atomic mass is 9.81. The predicted octanol–water partition coefficient (Wildman–Crippen LogP) is 3.76. The summed E-state index contributed by atoms with van der Waals surface area (Å²) in [6.45, 7) is 5.27. The van der Waals surface area contributed by atoms with Crippen LogP contribution in [0.1, 0.15) is 41.3 Å². The Morgan fingerprint density at radius 2 is 1.76 bits per heavy atom. The molecule has 0 fully saturated rings. The quantitative estimate of drug-likeness (QED) is 0.680. The molecule has 4 aliphatic heterocycles. The summed E-state index contributed by atoms with van der Waals surface area (Å²) in [4.78, 5) is 13.5. The Morgan fingerprint density at radius 3 is 2.59 bits per heavy atom. The van der Waals surface area contributed by atoms with Crippen molar-refractivity contribution in [3.63, 3.8) is 0 Å². The molecule has 0 bridgehead atoms. The van der Waals surface area contributed by atoms with E-state index in [-0.39, 0.29) is 5.78 Å². The van der Waals surface area contributed by atoms with Crippen molar-refractivity contribution in [1.29, 1.82) is 0 Å². The van der Waals surface area contributed by atoms with Crippen LogP contribution in [0.4, 0.5) is 0 Å². The summed E-state index contributed by atoms with van der Waals surface area (Å²) in [5.41, 5.74) is 1.77. The number of carbonyl (C=O) groups is 1. The third kappa shape index (κ3) is 2.44. The van der Waals surface area contributed by atoms with Crippen molar-refractivity contribution in [2.24, 2.45) is 0 Å². The van der Waals surface area contributed by atoms with Crippen LogP contribution in [0, 0.1) is 0 Å². The maximum Gasteiger partial charge on any atom is 0.178 e. The number of hydrogen-bond acceptors (Lipinski definition) is 6. The Morgan fingerprint density at radius 1 is 0.966 bits per heavy atom. The lowest BCUT2D eigenvalue weighted by Crippen LogP contribution is -2.43. The second-order valence-electron chi connectivity index (χ2n) is 8.24. The van der Waals surface area contributed by atoms with Crippen molar-refractivity contribution < 1.29 is 28.5 Å². The summed E-state index contributed by atoms with van der Waals surface area (Å²) in [5.74, 6) is 2.82. The molecule has 2 atom stereocenters. The van der Waals surface area contributed by atoms with Gasteiger partial charge in [0.1, 0.15) is 48.8 Å². The number of rotatable bonds is 0. The van der Waals surface area contributed by atoms with Crippen molar-refractivity contribution in [3.05, 3.63) is 47.0 Å².